The number of phenols is 2. The summed E-state index contributed by atoms with van der Waals surface area (Å²) in [6, 6.07) is 20.0. The minimum absolute atomic E-state index is 0.118. The summed E-state index contributed by atoms with van der Waals surface area (Å²) in [5, 5.41) is 34.6. The van der Waals surface area contributed by atoms with Crippen LogP contribution in [0, 0.1) is 17.0 Å². The predicted molar refractivity (Wildman–Crippen MR) is 119 cm³/mol. The number of nitro benzene ring substituents is 1. The number of benzene rings is 3. The number of amides is 1. The van der Waals surface area contributed by atoms with Gasteiger partial charge >= 0.3 is 5.69 Å². The van der Waals surface area contributed by atoms with Crippen molar-refractivity contribution in [2.75, 3.05) is 5.32 Å². The van der Waals surface area contributed by atoms with E-state index in [0.29, 0.717) is 17.0 Å². The number of furan rings is 1. The molecule has 1 amide bonds. The van der Waals surface area contributed by atoms with Crippen LogP contribution in [0.3, 0.4) is 0 Å². The number of hydrogen-bond acceptors (Lipinski definition) is 6. The molecule has 3 N–H and O–H groups in total. The summed E-state index contributed by atoms with van der Waals surface area (Å²) in [6.45, 7) is 1.84. The summed E-state index contributed by atoms with van der Waals surface area (Å²) in [4.78, 5) is 23.5. The van der Waals surface area contributed by atoms with Crippen LogP contribution < -0.4 is 5.32 Å². The third-order valence-corrected chi connectivity index (χ3v) is 4.93. The molecule has 1 heterocycles. The van der Waals surface area contributed by atoms with E-state index in [1.54, 1.807) is 54.6 Å². The van der Waals surface area contributed by atoms with Crippen LogP contribution in [0.2, 0.25) is 0 Å². The van der Waals surface area contributed by atoms with Crippen molar-refractivity contribution in [3.8, 4) is 33.9 Å². The zero-order valence-corrected chi connectivity index (χ0v) is 16.9. The number of nitrogens with zero attached hydrogens (tertiary/aromatic N) is 1. The fourth-order valence-corrected chi connectivity index (χ4v) is 3.36. The molecule has 0 saturated carbocycles. The lowest BCUT2D eigenvalue weighted by Crippen LogP contribution is -2.14. The molecule has 8 heteroatoms. The Morgan fingerprint density at radius 3 is 2.22 bits per heavy atom. The highest BCUT2D eigenvalue weighted by Crippen LogP contribution is 2.44. The number of carbonyl (C=O) groups is 1. The van der Waals surface area contributed by atoms with Crippen molar-refractivity contribution >= 4 is 17.3 Å². The van der Waals surface area contributed by atoms with Crippen LogP contribution in [0.1, 0.15) is 16.1 Å². The smallest absolute Gasteiger partial charge is 0.315 e. The molecular weight excluding hydrogens is 412 g/mol. The first-order valence-corrected chi connectivity index (χ1v) is 9.62. The van der Waals surface area contributed by atoms with Gasteiger partial charge in [-0.15, -0.1) is 0 Å². The Morgan fingerprint density at radius 2 is 1.62 bits per heavy atom. The van der Waals surface area contributed by atoms with Crippen LogP contribution in [-0.2, 0) is 0 Å². The molecule has 160 valence electrons. The Kier molecular flexibility index (Phi) is 5.34. The number of aromatic hydroxyl groups is 2. The number of hydrogen-bond donors (Lipinski definition) is 3. The van der Waals surface area contributed by atoms with Crippen LogP contribution in [0.5, 0.6) is 11.5 Å². The van der Waals surface area contributed by atoms with Gasteiger partial charge in [-0.25, -0.2) is 0 Å². The van der Waals surface area contributed by atoms with Gasteiger partial charge in [0.25, 0.3) is 5.91 Å². The minimum atomic E-state index is -0.969. The van der Waals surface area contributed by atoms with Crippen LogP contribution in [0.25, 0.3) is 22.5 Å². The third-order valence-electron chi connectivity index (χ3n) is 4.93. The second-order valence-electron chi connectivity index (χ2n) is 7.08. The average molecular weight is 430 g/mol. The molecule has 0 saturated heterocycles. The first-order chi connectivity index (χ1) is 15.3. The molecule has 0 fully saturated rings. The number of nitro groups is 1. The summed E-state index contributed by atoms with van der Waals surface area (Å²) in [5.41, 5.74) is 0.864. The molecule has 0 spiro atoms. The Balaban J connectivity index is 1.71. The highest BCUT2D eigenvalue weighted by Gasteiger charge is 2.28. The van der Waals surface area contributed by atoms with E-state index in [2.05, 4.69) is 5.32 Å². The Morgan fingerprint density at radius 1 is 0.938 bits per heavy atom. The number of aryl methyl sites for hydroxylation is 1. The third kappa shape index (κ3) is 3.89. The standard InChI is InChI=1S/C24H18N2O6/c1-14-7-12-20(32-14)16-8-10-17(11-9-16)25-24(29)21-18(15-5-3-2-4-6-15)13-19(26(30)31)22(27)23(21)28/h2-13,27-28H,1H3,(H,25,29). The molecular formula is C24H18N2O6. The van der Waals surface area contributed by atoms with Crippen molar-refractivity contribution in [2.45, 2.75) is 6.92 Å². The minimum Gasteiger partial charge on any atom is -0.504 e. The van der Waals surface area contributed by atoms with Gasteiger partial charge in [0.2, 0.25) is 5.75 Å². The maximum Gasteiger partial charge on any atom is 0.315 e. The molecule has 0 unspecified atom stereocenters. The lowest BCUT2D eigenvalue weighted by atomic mass is 9.96. The van der Waals surface area contributed by atoms with Crippen molar-refractivity contribution in [3.63, 3.8) is 0 Å². The Labute approximate surface area is 182 Å². The summed E-state index contributed by atoms with van der Waals surface area (Å²) in [7, 11) is 0. The second-order valence-corrected chi connectivity index (χ2v) is 7.08. The predicted octanol–water partition coefficient (Wildman–Crippen LogP) is 5.49. The Bertz CT molecular complexity index is 1310. The fourth-order valence-electron chi connectivity index (χ4n) is 3.36. The zero-order valence-electron chi connectivity index (χ0n) is 16.9. The van der Waals surface area contributed by atoms with E-state index in [-0.39, 0.29) is 11.1 Å². The molecule has 0 aliphatic carbocycles. The van der Waals surface area contributed by atoms with Crippen molar-refractivity contribution in [2.24, 2.45) is 0 Å². The molecule has 4 aromatic rings. The van der Waals surface area contributed by atoms with Crippen LogP contribution >= 0.6 is 0 Å². The van der Waals surface area contributed by atoms with Gasteiger partial charge in [0, 0.05) is 22.9 Å². The fraction of sp³-hybridized carbons (Fsp3) is 0.0417. The van der Waals surface area contributed by atoms with E-state index < -0.39 is 28.0 Å². The maximum atomic E-state index is 13.1. The van der Waals surface area contributed by atoms with Crippen molar-refractivity contribution in [1.29, 1.82) is 0 Å². The topological polar surface area (TPSA) is 126 Å². The summed E-state index contributed by atoms with van der Waals surface area (Å²) >= 11 is 0. The average Bonchev–Trinajstić information content (AvgIpc) is 3.22. The van der Waals surface area contributed by atoms with Crippen LogP contribution in [-0.4, -0.2) is 21.0 Å². The number of anilines is 1. The first-order valence-electron chi connectivity index (χ1n) is 9.62. The van der Waals surface area contributed by atoms with Crippen molar-refractivity contribution < 1.29 is 24.3 Å². The number of phenolic OH excluding ortho intramolecular Hbond substituents is 2. The summed E-state index contributed by atoms with van der Waals surface area (Å²) in [6.07, 6.45) is 0. The van der Waals surface area contributed by atoms with E-state index in [1.165, 1.54) is 0 Å². The molecule has 4 rings (SSSR count). The quantitative estimate of drug-likeness (QED) is 0.218. The van der Waals surface area contributed by atoms with Gasteiger partial charge in [-0.1, -0.05) is 30.3 Å². The summed E-state index contributed by atoms with van der Waals surface area (Å²) in [5.74, 6) is -1.10. The molecule has 0 radical (unpaired) electrons. The largest absolute Gasteiger partial charge is 0.504 e. The van der Waals surface area contributed by atoms with Gasteiger partial charge < -0.3 is 19.9 Å². The van der Waals surface area contributed by atoms with Crippen LogP contribution in [0.15, 0.2) is 77.2 Å². The Hall–Kier alpha value is -4.59. The van der Waals surface area contributed by atoms with Gasteiger partial charge in [0.1, 0.15) is 11.5 Å². The van der Waals surface area contributed by atoms with Crippen LogP contribution in [0.4, 0.5) is 11.4 Å². The molecule has 0 aliphatic rings. The van der Waals surface area contributed by atoms with Gasteiger partial charge in [0.05, 0.1) is 10.5 Å². The van der Waals surface area contributed by atoms with E-state index >= 15 is 0 Å². The zero-order chi connectivity index (χ0) is 22.8. The van der Waals surface area contributed by atoms with E-state index in [4.69, 9.17) is 4.42 Å². The number of carbonyl (C=O) groups excluding carboxylic acids is 1. The van der Waals surface area contributed by atoms with Gasteiger partial charge in [-0.3, -0.25) is 14.9 Å². The molecule has 1 aromatic heterocycles. The molecule has 8 nitrogen and oxygen atoms in total. The van der Waals surface area contributed by atoms with Gasteiger partial charge in [-0.2, -0.15) is 0 Å². The highest BCUT2D eigenvalue weighted by atomic mass is 16.6. The first kappa shape index (κ1) is 20.7. The lowest BCUT2D eigenvalue weighted by Gasteiger charge is -2.14. The van der Waals surface area contributed by atoms with Gasteiger partial charge in [0.15, 0.2) is 5.75 Å². The second kappa shape index (κ2) is 8.27. The molecule has 3 aromatic carbocycles. The van der Waals surface area contributed by atoms with E-state index in [0.717, 1.165) is 17.4 Å². The highest BCUT2D eigenvalue weighted by molar-refractivity contribution is 6.12. The number of nitrogens with one attached hydrogen (secondary N) is 1. The maximum absolute atomic E-state index is 13.1. The summed E-state index contributed by atoms with van der Waals surface area (Å²) < 4.78 is 5.58. The molecule has 0 aliphatic heterocycles. The normalized spacial score (nSPS) is 10.7. The molecule has 32 heavy (non-hydrogen) atoms. The molecule has 0 atom stereocenters. The van der Waals surface area contributed by atoms with E-state index in [1.807, 2.05) is 19.1 Å². The molecule has 0 bridgehead atoms. The van der Waals surface area contributed by atoms with Gasteiger partial charge in [-0.05, 0) is 48.9 Å². The lowest BCUT2D eigenvalue weighted by molar-refractivity contribution is -0.385. The van der Waals surface area contributed by atoms with Crippen molar-refractivity contribution in [3.05, 3.63) is 94.2 Å². The SMILES string of the molecule is Cc1ccc(-c2ccc(NC(=O)c3c(-c4ccccc4)cc([N+](=O)[O-])c(O)c3O)cc2)o1. The van der Waals surface area contributed by atoms with E-state index in [9.17, 15) is 25.1 Å². The van der Waals surface area contributed by atoms with Crippen molar-refractivity contribution in [1.82, 2.24) is 0 Å². The monoisotopic (exact) mass is 430 g/mol. The number of rotatable bonds is 5.